The number of piperidine rings is 1. The molecule has 0 spiro atoms. The van der Waals surface area contributed by atoms with Gasteiger partial charge in [-0.1, -0.05) is 42.5 Å². The monoisotopic (exact) mass is 367 g/mol. The van der Waals surface area contributed by atoms with Crippen LogP contribution < -0.4 is 0 Å². The molecule has 1 aromatic heterocycles. The van der Waals surface area contributed by atoms with Crippen molar-refractivity contribution >= 4 is 16.9 Å². The first-order chi connectivity index (χ1) is 13.1. The fourth-order valence-electron chi connectivity index (χ4n) is 3.57. The molecule has 2 aromatic carbocycles. The third kappa shape index (κ3) is 3.60. The quantitative estimate of drug-likeness (QED) is 0.671. The molecular formula is C22H22FNO3. The Kier molecular flexibility index (Phi) is 4.94. The molecule has 5 heteroatoms. The summed E-state index contributed by atoms with van der Waals surface area (Å²) < 4.78 is 25.5. The molecule has 0 unspecified atom stereocenters. The van der Waals surface area contributed by atoms with Gasteiger partial charge in [0.15, 0.2) is 17.2 Å². The minimum Gasteiger partial charge on any atom is -0.448 e. The zero-order chi connectivity index (χ0) is 18.8. The zero-order valence-electron chi connectivity index (χ0n) is 15.3. The summed E-state index contributed by atoms with van der Waals surface area (Å²) in [6.45, 7) is 3.60. The molecule has 0 N–H and O–H groups in total. The number of carbonyl (C=O) groups excluding carboxylic acids is 1. The highest BCUT2D eigenvalue weighted by atomic mass is 19.1. The number of fused-ring (bicyclic) bond motifs is 1. The standard InChI is InChI=1S/C22H22FNO3/c1-15-18-8-5-9-19(23)21(18)27-20(15)22(25)24-12-10-17(11-13-24)26-14-16-6-3-2-4-7-16/h2-9,17H,10-14H2,1H3. The lowest BCUT2D eigenvalue weighted by Crippen LogP contribution is -2.40. The van der Waals surface area contributed by atoms with Gasteiger partial charge in [0.05, 0.1) is 12.7 Å². The van der Waals surface area contributed by atoms with Crippen molar-refractivity contribution in [2.75, 3.05) is 13.1 Å². The van der Waals surface area contributed by atoms with Gasteiger partial charge in [0.25, 0.3) is 5.91 Å². The Labute approximate surface area is 157 Å². The van der Waals surface area contributed by atoms with Crippen LogP contribution in [0.25, 0.3) is 11.0 Å². The van der Waals surface area contributed by atoms with Crippen LogP contribution in [0.1, 0.15) is 34.5 Å². The third-order valence-electron chi connectivity index (χ3n) is 5.17. The smallest absolute Gasteiger partial charge is 0.289 e. The normalized spacial score (nSPS) is 15.4. The van der Waals surface area contributed by atoms with Gasteiger partial charge < -0.3 is 14.1 Å². The Hall–Kier alpha value is -2.66. The average molecular weight is 367 g/mol. The maximum absolute atomic E-state index is 13.9. The van der Waals surface area contributed by atoms with Crippen molar-refractivity contribution in [1.82, 2.24) is 4.90 Å². The van der Waals surface area contributed by atoms with Gasteiger partial charge in [-0.25, -0.2) is 4.39 Å². The summed E-state index contributed by atoms with van der Waals surface area (Å²) in [6.07, 6.45) is 1.71. The molecule has 1 aliphatic rings. The number of likely N-dealkylation sites (tertiary alicyclic amines) is 1. The Balaban J connectivity index is 1.39. The topological polar surface area (TPSA) is 42.7 Å². The van der Waals surface area contributed by atoms with E-state index in [-0.39, 0.29) is 23.4 Å². The highest BCUT2D eigenvalue weighted by molar-refractivity contribution is 5.99. The van der Waals surface area contributed by atoms with Gasteiger partial charge in [0, 0.05) is 24.0 Å². The minimum atomic E-state index is -0.442. The van der Waals surface area contributed by atoms with E-state index in [1.165, 1.54) is 6.07 Å². The van der Waals surface area contributed by atoms with E-state index in [4.69, 9.17) is 9.15 Å². The lowest BCUT2D eigenvalue weighted by molar-refractivity contribution is -0.00102. The Bertz CT molecular complexity index is 943. The predicted octanol–water partition coefficient (Wildman–Crippen LogP) is 4.70. The van der Waals surface area contributed by atoms with Crippen LogP contribution in [0.3, 0.4) is 0 Å². The number of amides is 1. The number of hydrogen-bond donors (Lipinski definition) is 0. The second-order valence-corrected chi connectivity index (χ2v) is 6.96. The van der Waals surface area contributed by atoms with E-state index in [9.17, 15) is 9.18 Å². The van der Waals surface area contributed by atoms with Gasteiger partial charge in [-0.05, 0) is 31.4 Å². The number of carbonyl (C=O) groups is 1. The number of hydrogen-bond acceptors (Lipinski definition) is 3. The number of nitrogens with zero attached hydrogens (tertiary/aromatic N) is 1. The van der Waals surface area contributed by atoms with Crippen LogP contribution in [0.2, 0.25) is 0 Å². The highest BCUT2D eigenvalue weighted by Crippen LogP contribution is 2.29. The summed E-state index contributed by atoms with van der Waals surface area (Å²) in [4.78, 5) is 14.6. The van der Waals surface area contributed by atoms with Crippen LogP contribution in [0.5, 0.6) is 0 Å². The SMILES string of the molecule is Cc1c(C(=O)N2CCC(OCc3ccccc3)CC2)oc2c(F)cccc12. The van der Waals surface area contributed by atoms with Crippen LogP contribution in [0, 0.1) is 12.7 Å². The van der Waals surface area contributed by atoms with E-state index in [2.05, 4.69) is 0 Å². The number of rotatable bonds is 4. The predicted molar refractivity (Wildman–Crippen MR) is 101 cm³/mol. The Morgan fingerprint density at radius 1 is 1.15 bits per heavy atom. The van der Waals surface area contributed by atoms with E-state index in [0.717, 1.165) is 18.4 Å². The third-order valence-corrected chi connectivity index (χ3v) is 5.17. The number of halogens is 1. The van der Waals surface area contributed by atoms with Gasteiger partial charge in [-0.3, -0.25) is 4.79 Å². The fraction of sp³-hybridized carbons (Fsp3) is 0.318. The molecule has 0 radical (unpaired) electrons. The molecule has 1 amide bonds. The summed E-state index contributed by atoms with van der Waals surface area (Å²) >= 11 is 0. The molecule has 0 bridgehead atoms. The second kappa shape index (κ2) is 7.53. The molecule has 1 fully saturated rings. The zero-order valence-corrected chi connectivity index (χ0v) is 15.3. The number of benzene rings is 2. The van der Waals surface area contributed by atoms with Gasteiger partial charge in [-0.15, -0.1) is 0 Å². The molecule has 1 aliphatic heterocycles. The van der Waals surface area contributed by atoms with E-state index in [1.807, 2.05) is 30.3 Å². The average Bonchev–Trinajstić information content (AvgIpc) is 3.05. The molecular weight excluding hydrogens is 345 g/mol. The molecule has 0 atom stereocenters. The molecule has 2 heterocycles. The van der Waals surface area contributed by atoms with Crippen molar-refractivity contribution < 1.29 is 18.3 Å². The number of para-hydroxylation sites is 1. The van der Waals surface area contributed by atoms with E-state index in [0.29, 0.717) is 30.6 Å². The van der Waals surface area contributed by atoms with Crippen LogP contribution >= 0.6 is 0 Å². The van der Waals surface area contributed by atoms with Gasteiger partial charge in [0.2, 0.25) is 0 Å². The summed E-state index contributed by atoms with van der Waals surface area (Å²) in [5.41, 5.74) is 1.99. The minimum absolute atomic E-state index is 0.142. The first kappa shape index (κ1) is 17.7. The molecule has 4 rings (SSSR count). The summed E-state index contributed by atoms with van der Waals surface area (Å²) in [6, 6.07) is 14.8. The van der Waals surface area contributed by atoms with Crippen molar-refractivity contribution in [3.63, 3.8) is 0 Å². The van der Waals surface area contributed by atoms with E-state index in [1.54, 1.807) is 24.0 Å². The summed E-state index contributed by atoms with van der Waals surface area (Å²) in [7, 11) is 0. The number of furan rings is 1. The van der Waals surface area contributed by atoms with Crippen LogP contribution in [0.15, 0.2) is 52.9 Å². The lowest BCUT2D eigenvalue weighted by atomic mass is 10.1. The summed E-state index contributed by atoms with van der Waals surface area (Å²) in [5.74, 6) is -0.383. The van der Waals surface area contributed by atoms with Crippen LogP contribution in [-0.4, -0.2) is 30.0 Å². The molecule has 0 aliphatic carbocycles. The fourth-order valence-corrected chi connectivity index (χ4v) is 3.57. The maximum atomic E-state index is 13.9. The van der Waals surface area contributed by atoms with E-state index >= 15 is 0 Å². The van der Waals surface area contributed by atoms with Crippen LogP contribution in [0.4, 0.5) is 4.39 Å². The molecule has 1 saturated heterocycles. The van der Waals surface area contributed by atoms with Crippen molar-refractivity contribution in [1.29, 1.82) is 0 Å². The first-order valence-corrected chi connectivity index (χ1v) is 9.26. The molecule has 27 heavy (non-hydrogen) atoms. The lowest BCUT2D eigenvalue weighted by Gasteiger charge is -2.31. The molecule has 0 saturated carbocycles. The molecule has 4 nitrogen and oxygen atoms in total. The van der Waals surface area contributed by atoms with Crippen molar-refractivity contribution in [2.45, 2.75) is 32.5 Å². The maximum Gasteiger partial charge on any atom is 0.289 e. The molecule has 3 aromatic rings. The largest absolute Gasteiger partial charge is 0.448 e. The van der Waals surface area contributed by atoms with Gasteiger partial charge >= 0.3 is 0 Å². The second-order valence-electron chi connectivity index (χ2n) is 6.96. The molecule has 140 valence electrons. The van der Waals surface area contributed by atoms with Gasteiger partial charge in [0.1, 0.15) is 0 Å². The van der Waals surface area contributed by atoms with E-state index < -0.39 is 5.82 Å². The summed E-state index contributed by atoms with van der Waals surface area (Å²) in [5, 5.41) is 0.652. The van der Waals surface area contributed by atoms with Crippen LogP contribution in [-0.2, 0) is 11.3 Å². The highest BCUT2D eigenvalue weighted by Gasteiger charge is 2.28. The van der Waals surface area contributed by atoms with Crippen molar-refractivity contribution in [3.8, 4) is 0 Å². The number of ether oxygens (including phenoxy) is 1. The van der Waals surface area contributed by atoms with Crippen molar-refractivity contribution in [2.24, 2.45) is 0 Å². The first-order valence-electron chi connectivity index (χ1n) is 9.26. The van der Waals surface area contributed by atoms with Crippen molar-refractivity contribution in [3.05, 3.63) is 71.2 Å². The Morgan fingerprint density at radius 2 is 1.89 bits per heavy atom. The number of aryl methyl sites for hydroxylation is 1. The Morgan fingerprint density at radius 3 is 2.59 bits per heavy atom. The van der Waals surface area contributed by atoms with Gasteiger partial charge in [-0.2, -0.15) is 0 Å².